The van der Waals surface area contributed by atoms with Crippen LogP contribution in [0.5, 0.6) is 0 Å². The maximum Gasteiger partial charge on any atom is 0.431 e. The predicted molar refractivity (Wildman–Crippen MR) is 133 cm³/mol. The summed E-state index contributed by atoms with van der Waals surface area (Å²) in [7, 11) is -4.17. The molecule has 0 aromatic heterocycles. The van der Waals surface area contributed by atoms with Crippen LogP contribution in [0.2, 0.25) is 0 Å². The van der Waals surface area contributed by atoms with Crippen LogP contribution in [0, 0.1) is 5.82 Å². The molecule has 1 heterocycles. The monoisotopic (exact) mass is 532 g/mol. The number of hydrazine groups is 1. The smallest absolute Gasteiger partial charge is 0.431 e. The Morgan fingerprint density at radius 3 is 2.42 bits per heavy atom. The highest BCUT2D eigenvalue weighted by atomic mass is 32.2. The van der Waals surface area contributed by atoms with Crippen molar-refractivity contribution in [3.8, 4) is 0 Å². The Labute approximate surface area is 210 Å². The Balaban J connectivity index is 1.63. The molecule has 0 bridgehead atoms. The third-order valence-corrected chi connectivity index (χ3v) is 7.99. The Morgan fingerprint density at radius 1 is 1.08 bits per heavy atom. The van der Waals surface area contributed by atoms with E-state index in [4.69, 9.17) is 5.73 Å². The van der Waals surface area contributed by atoms with E-state index in [-0.39, 0.29) is 28.4 Å². The van der Waals surface area contributed by atoms with Crippen LogP contribution in [-0.4, -0.2) is 53.6 Å². The summed E-state index contributed by atoms with van der Waals surface area (Å²) in [5.41, 5.74) is 6.39. The van der Waals surface area contributed by atoms with E-state index in [2.05, 4.69) is 18.1 Å². The first kappa shape index (κ1) is 25.4. The highest BCUT2D eigenvalue weighted by molar-refractivity contribution is 7.89. The number of sulfonamides is 1. The molecule has 1 fully saturated rings. The normalized spacial score (nSPS) is 18.2. The first-order chi connectivity index (χ1) is 17.0. The zero-order valence-electron chi connectivity index (χ0n) is 18.5. The molecule has 3 aromatic rings. The third kappa shape index (κ3) is 4.85. The highest BCUT2D eigenvalue weighted by Crippen LogP contribution is 2.31. The number of rotatable bonds is 5. The molecule has 1 aliphatic heterocycles. The van der Waals surface area contributed by atoms with E-state index < -0.39 is 50.7 Å². The summed E-state index contributed by atoms with van der Waals surface area (Å²) in [5.74, 6) is -3.04. The quantitative estimate of drug-likeness (QED) is 0.293. The van der Waals surface area contributed by atoms with Crippen LogP contribution < -0.4 is 16.2 Å². The molecule has 188 valence electrons. The van der Waals surface area contributed by atoms with Crippen LogP contribution in [-0.2, 0) is 14.8 Å². The van der Waals surface area contributed by atoms with Gasteiger partial charge in [-0.25, -0.2) is 17.6 Å². The molecule has 1 aliphatic rings. The van der Waals surface area contributed by atoms with E-state index >= 15 is 0 Å². The largest absolute Gasteiger partial charge is 0.463 e. The van der Waals surface area contributed by atoms with E-state index in [0.29, 0.717) is 5.39 Å². The first-order valence-corrected chi connectivity index (χ1v) is 12.6. The Morgan fingerprint density at radius 2 is 1.78 bits per heavy atom. The van der Waals surface area contributed by atoms with Gasteiger partial charge in [0.25, 0.3) is 5.91 Å². The van der Waals surface area contributed by atoms with E-state index in [1.54, 1.807) is 18.2 Å². The summed E-state index contributed by atoms with van der Waals surface area (Å²) in [6.07, 6.45) is -1.74. The zero-order valence-corrected chi connectivity index (χ0v) is 20.2. The van der Waals surface area contributed by atoms with Gasteiger partial charge in [0, 0.05) is 17.4 Å². The number of hydrogen-bond acceptors (Lipinski definition) is 6. The maximum absolute atomic E-state index is 14.5. The van der Waals surface area contributed by atoms with Crippen molar-refractivity contribution in [1.82, 2.24) is 9.73 Å². The minimum atomic E-state index is -4.17. The number of nitrogens with two attached hydrogens (primary N) is 1. The summed E-state index contributed by atoms with van der Waals surface area (Å²) in [5, 5.41) is 10.8. The standard InChI is InChI=1S/C23H21FN4O6S2/c24-18-10-15(21(25)29)6-8-19(18)28(23(31)32)26-22(30)20-11-16(35)12-27(20)36(33,34)17-7-5-13-3-1-2-4-14(13)9-17/h1-10,16,20,35H,11-12H2,(H2,25,29)(H,26,30)(H,31,32). The van der Waals surface area contributed by atoms with Crippen molar-refractivity contribution in [3.05, 3.63) is 72.0 Å². The van der Waals surface area contributed by atoms with Gasteiger partial charge in [0.2, 0.25) is 15.9 Å². The molecule has 0 radical (unpaired) electrons. The number of halogens is 1. The van der Waals surface area contributed by atoms with E-state index in [0.717, 1.165) is 27.9 Å². The van der Waals surface area contributed by atoms with Gasteiger partial charge in [-0.1, -0.05) is 30.3 Å². The molecule has 3 aromatic carbocycles. The van der Waals surface area contributed by atoms with Gasteiger partial charge in [0.05, 0.1) is 4.90 Å². The molecule has 0 aliphatic carbocycles. The van der Waals surface area contributed by atoms with Gasteiger partial charge in [0.1, 0.15) is 17.5 Å². The van der Waals surface area contributed by atoms with Gasteiger partial charge in [0.15, 0.2) is 0 Å². The number of anilines is 1. The number of amides is 3. The second-order valence-electron chi connectivity index (χ2n) is 8.11. The Kier molecular flexibility index (Phi) is 6.89. The van der Waals surface area contributed by atoms with Crippen molar-refractivity contribution in [1.29, 1.82) is 0 Å². The van der Waals surface area contributed by atoms with Crippen molar-refractivity contribution in [3.63, 3.8) is 0 Å². The number of hydrogen-bond donors (Lipinski definition) is 4. The number of nitrogens with zero attached hydrogens (tertiary/aromatic N) is 2. The molecular weight excluding hydrogens is 511 g/mol. The van der Waals surface area contributed by atoms with Crippen molar-refractivity contribution in [2.24, 2.45) is 5.73 Å². The molecule has 13 heteroatoms. The number of carbonyl (C=O) groups excluding carboxylic acids is 2. The van der Waals surface area contributed by atoms with E-state index in [1.165, 1.54) is 12.1 Å². The summed E-state index contributed by atoms with van der Waals surface area (Å²) in [4.78, 5) is 36.1. The summed E-state index contributed by atoms with van der Waals surface area (Å²) >= 11 is 4.34. The molecule has 2 unspecified atom stereocenters. The van der Waals surface area contributed by atoms with Gasteiger partial charge < -0.3 is 10.8 Å². The van der Waals surface area contributed by atoms with Crippen LogP contribution in [0.3, 0.4) is 0 Å². The van der Waals surface area contributed by atoms with Crippen molar-refractivity contribution < 1.29 is 32.3 Å². The maximum atomic E-state index is 14.5. The van der Waals surface area contributed by atoms with Crippen LogP contribution in [0.25, 0.3) is 10.8 Å². The summed E-state index contributed by atoms with van der Waals surface area (Å²) < 4.78 is 42.4. The summed E-state index contributed by atoms with van der Waals surface area (Å²) in [6, 6.07) is 13.2. The lowest BCUT2D eigenvalue weighted by molar-refractivity contribution is -0.124. The minimum absolute atomic E-state index is 0.00168. The van der Waals surface area contributed by atoms with E-state index in [1.807, 2.05) is 12.1 Å². The topological polar surface area (TPSA) is 150 Å². The molecule has 10 nitrogen and oxygen atoms in total. The molecule has 3 amide bonds. The first-order valence-electron chi connectivity index (χ1n) is 10.6. The van der Waals surface area contributed by atoms with Gasteiger partial charge in [-0.15, -0.1) is 0 Å². The number of thiol groups is 1. The number of carboxylic acid groups (broad SMARTS) is 1. The second-order valence-corrected chi connectivity index (χ2v) is 10.7. The van der Waals surface area contributed by atoms with Crippen molar-refractivity contribution in [2.75, 3.05) is 11.6 Å². The fourth-order valence-corrected chi connectivity index (χ4v) is 6.15. The number of nitrogens with one attached hydrogen (secondary N) is 1. The lowest BCUT2D eigenvalue weighted by Gasteiger charge is -2.27. The predicted octanol–water partition coefficient (Wildman–Crippen LogP) is 2.36. The molecule has 1 saturated heterocycles. The molecule has 0 saturated carbocycles. The van der Waals surface area contributed by atoms with Gasteiger partial charge in [-0.2, -0.15) is 21.9 Å². The molecule has 4 rings (SSSR count). The van der Waals surface area contributed by atoms with Gasteiger partial charge in [-0.3, -0.25) is 15.0 Å². The molecule has 36 heavy (non-hydrogen) atoms. The van der Waals surface area contributed by atoms with Crippen molar-refractivity contribution in [2.45, 2.75) is 22.6 Å². The van der Waals surface area contributed by atoms with Gasteiger partial charge >= 0.3 is 6.09 Å². The fraction of sp³-hybridized carbons (Fsp3) is 0.174. The minimum Gasteiger partial charge on any atom is -0.463 e. The number of fused-ring (bicyclic) bond motifs is 1. The molecule has 2 atom stereocenters. The van der Waals surface area contributed by atoms with E-state index in [9.17, 15) is 32.3 Å². The Hall–Kier alpha value is -3.68. The summed E-state index contributed by atoms with van der Waals surface area (Å²) in [6.45, 7) is -0.0922. The number of carbonyl (C=O) groups is 3. The average molecular weight is 533 g/mol. The lowest BCUT2D eigenvalue weighted by Crippen LogP contribution is -2.53. The fourth-order valence-electron chi connectivity index (χ4n) is 3.99. The second kappa shape index (κ2) is 9.76. The van der Waals surface area contributed by atoms with Crippen LogP contribution in [0.15, 0.2) is 65.6 Å². The average Bonchev–Trinajstić information content (AvgIpc) is 3.24. The van der Waals surface area contributed by atoms with Crippen LogP contribution in [0.4, 0.5) is 14.9 Å². The third-order valence-electron chi connectivity index (χ3n) is 5.75. The SMILES string of the molecule is NC(=O)c1ccc(N(NC(=O)C2CC(S)CN2S(=O)(=O)c2ccc3ccccc3c2)C(=O)O)c(F)c1. The van der Waals surface area contributed by atoms with Crippen LogP contribution in [0.1, 0.15) is 16.8 Å². The highest BCUT2D eigenvalue weighted by Gasteiger charge is 2.44. The van der Waals surface area contributed by atoms with Gasteiger partial charge in [-0.05, 0) is 47.5 Å². The number of primary amides is 1. The molecule has 4 N–H and O–H groups in total. The molecular formula is C23H21FN4O6S2. The van der Waals surface area contributed by atoms with Crippen molar-refractivity contribution >= 4 is 57.0 Å². The van der Waals surface area contributed by atoms with Crippen LogP contribution >= 0.6 is 12.6 Å². The number of benzene rings is 3. The molecule has 0 spiro atoms. The lowest BCUT2D eigenvalue weighted by atomic mass is 10.1. The zero-order chi connectivity index (χ0) is 26.2. The Bertz CT molecular complexity index is 1480.